The number of aryl methyl sites for hydroxylation is 1. The van der Waals surface area contributed by atoms with Gasteiger partial charge in [0, 0.05) is 19.2 Å². The number of hydrogen-bond acceptors (Lipinski definition) is 5. The van der Waals surface area contributed by atoms with Gasteiger partial charge in [-0.05, 0) is 49.4 Å². The molecule has 2 atom stereocenters. The average molecular weight is 407 g/mol. The van der Waals surface area contributed by atoms with E-state index in [4.69, 9.17) is 4.74 Å². The van der Waals surface area contributed by atoms with E-state index in [0.29, 0.717) is 28.4 Å². The number of hydrogen-bond donors (Lipinski definition) is 3. The van der Waals surface area contributed by atoms with Crippen LogP contribution in [0.4, 0.5) is 0 Å². The van der Waals surface area contributed by atoms with E-state index >= 15 is 0 Å². The minimum atomic E-state index is -0.191. The standard InChI is InChI=1S/C22H25N5O3/c1-4-12(2)25-22(29)17-10-23-21-20(17)27-19(11-24-21)30-15-6-7-16-14(9-15)5-8-18(16)26-13(3)28/h6-7,9-12,18H,4-5,8H2,1-3H3,(H,23,24)(H,25,29)(H,26,28)/t12-,18+/m0/s1. The predicted octanol–water partition coefficient (Wildman–Crippen LogP) is 3.40. The molecule has 0 aliphatic heterocycles. The molecule has 156 valence electrons. The molecule has 2 amide bonds. The number of benzene rings is 1. The number of fused-ring (bicyclic) bond motifs is 2. The number of nitrogens with one attached hydrogen (secondary N) is 3. The number of aromatic nitrogens is 3. The molecule has 30 heavy (non-hydrogen) atoms. The maximum atomic E-state index is 12.5. The highest BCUT2D eigenvalue weighted by atomic mass is 16.5. The summed E-state index contributed by atoms with van der Waals surface area (Å²) in [6.45, 7) is 5.50. The van der Waals surface area contributed by atoms with Crippen LogP contribution < -0.4 is 15.4 Å². The van der Waals surface area contributed by atoms with Gasteiger partial charge >= 0.3 is 0 Å². The highest BCUT2D eigenvalue weighted by Crippen LogP contribution is 2.34. The Morgan fingerprint density at radius 1 is 1.37 bits per heavy atom. The summed E-state index contributed by atoms with van der Waals surface area (Å²) in [6.07, 6.45) is 5.74. The number of carbonyl (C=O) groups excluding carboxylic acids is 2. The summed E-state index contributed by atoms with van der Waals surface area (Å²) in [6, 6.07) is 5.93. The van der Waals surface area contributed by atoms with Crippen molar-refractivity contribution in [3.63, 3.8) is 0 Å². The van der Waals surface area contributed by atoms with Gasteiger partial charge in [0.25, 0.3) is 5.91 Å². The molecule has 0 radical (unpaired) electrons. The second-order valence-electron chi connectivity index (χ2n) is 7.65. The summed E-state index contributed by atoms with van der Waals surface area (Å²) >= 11 is 0. The van der Waals surface area contributed by atoms with Gasteiger partial charge in [-0.25, -0.2) is 9.97 Å². The van der Waals surface area contributed by atoms with Crippen molar-refractivity contribution in [3.05, 3.63) is 47.3 Å². The van der Waals surface area contributed by atoms with Crippen LogP contribution in [0.2, 0.25) is 0 Å². The van der Waals surface area contributed by atoms with Crippen LogP contribution in [0.25, 0.3) is 11.2 Å². The van der Waals surface area contributed by atoms with Crippen molar-refractivity contribution in [2.75, 3.05) is 0 Å². The number of H-pyrrole nitrogens is 1. The number of carbonyl (C=O) groups is 2. The van der Waals surface area contributed by atoms with Crippen molar-refractivity contribution in [1.82, 2.24) is 25.6 Å². The first kappa shape index (κ1) is 19.9. The molecule has 0 spiro atoms. The van der Waals surface area contributed by atoms with E-state index in [1.165, 1.54) is 13.1 Å². The van der Waals surface area contributed by atoms with Gasteiger partial charge in [0.05, 0.1) is 17.8 Å². The van der Waals surface area contributed by atoms with E-state index in [1.807, 2.05) is 32.0 Å². The fourth-order valence-corrected chi connectivity index (χ4v) is 3.67. The van der Waals surface area contributed by atoms with E-state index in [2.05, 4.69) is 25.6 Å². The summed E-state index contributed by atoms with van der Waals surface area (Å²) in [5.74, 6) is 0.739. The normalized spacial score (nSPS) is 16.2. The number of ether oxygens (including phenoxy) is 1. The van der Waals surface area contributed by atoms with E-state index in [9.17, 15) is 9.59 Å². The summed E-state index contributed by atoms with van der Waals surface area (Å²) in [5.41, 5.74) is 3.71. The maximum Gasteiger partial charge on any atom is 0.255 e. The Balaban J connectivity index is 1.55. The lowest BCUT2D eigenvalue weighted by atomic mass is 10.1. The Labute approximate surface area is 174 Å². The van der Waals surface area contributed by atoms with Crippen LogP contribution in [0.1, 0.15) is 61.1 Å². The molecule has 2 heterocycles. The predicted molar refractivity (Wildman–Crippen MR) is 113 cm³/mol. The van der Waals surface area contributed by atoms with Crippen molar-refractivity contribution < 1.29 is 14.3 Å². The van der Waals surface area contributed by atoms with Crippen molar-refractivity contribution in [1.29, 1.82) is 0 Å². The van der Waals surface area contributed by atoms with E-state index in [0.717, 1.165) is 30.4 Å². The molecule has 3 aromatic rings. The topological polar surface area (TPSA) is 109 Å². The molecule has 0 saturated heterocycles. The maximum absolute atomic E-state index is 12.5. The molecule has 0 unspecified atom stereocenters. The Morgan fingerprint density at radius 2 is 2.20 bits per heavy atom. The summed E-state index contributed by atoms with van der Waals surface area (Å²) in [5, 5.41) is 5.92. The van der Waals surface area contributed by atoms with Crippen molar-refractivity contribution in [2.24, 2.45) is 0 Å². The van der Waals surface area contributed by atoms with E-state index in [1.54, 1.807) is 6.20 Å². The number of rotatable bonds is 6. The monoisotopic (exact) mass is 407 g/mol. The van der Waals surface area contributed by atoms with Crippen molar-refractivity contribution in [2.45, 2.75) is 52.1 Å². The molecule has 1 aliphatic carbocycles. The lowest BCUT2D eigenvalue weighted by Crippen LogP contribution is -2.31. The Kier molecular flexibility index (Phi) is 5.39. The highest BCUT2D eigenvalue weighted by Gasteiger charge is 2.23. The summed E-state index contributed by atoms with van der Waals surface area (Å²) in [7, 11) is 0. The third-order valence-corrected chi connectivity index (χ3v) is 5.39. The number of amides is 2. The molecule has 1 aliphatic rings. The largest absolute Gasteiger partial charge is 0.437 e. The molecular weight excluding hydrogens is 382 g/mol. The summed E-state index contributed by atoms with van der Waals surface area (Å²) < 4.78 is 5.93. The van der Waals surface area contributed by atoms with Gasteiger partial charge in [0.2, 0.25) is 11.8 Å². The first-order chi connectivity index (χ1) is 14.4. The van der Waals surface area contributed by atoms with Crippen LogP contribution in [0, 0.1) is 0 Å². The zero-order chi connectivity index (χ0) is 21.3. The quantitative estimate of drug-likeness (QED) is 0.580. The highest BCUT2D eigenvalue weighted by molar-refractivity contribution is 6.04. The third kappa shape index (κ3) is 3.98. The molecule has 2 aromatic heterocycles. The van der Waals surface area contributed by atoms with Crippen LogP contribution in [0.15, 0.2) is 30.6 Å². The molecule has 0 bridgehead atoms. The van der Waals surface area contributed by atoms with Crippen LogP contribution in [0.5, 0.6) is 11.6 Å². The first-order valence-electron chi connectivity index (χ1n) is 10.2. The van der Waals surface area contributed by atoms with E-state index in [-0.39, 0.29) is 23.9 Å². The molecule has 3 N–H and O–H groups in total. The van der Waals surface area contributed by atoms with Crippen molar-refractivity contribution >= 4 is 23.0 Å². The Bertz CT molecular complexity index is 1110. The Morgan fingerprint density at radius 3 is 2.97 bits per heavy atom. The minimum absolute atomic E-state index is 0.0311. The van der Waals surface area contributed by atoms with Gasteiger partial charge in [-0.3, -0.25) is 9.59 Å². The summed E-state index contributed by atoms with van der Waals surface area (Å²) in [4.78, 5) is 35.7. The second kappa shape index (κ2) is 8.14. The minimum Gasteiger partial charge on any atom is -0.437 e. The number of aromatic amines is 1. The van der Waals surface area contributed by atoms with Gasteiger partial charge in [-0.2, -0.15) is 0 Å². The van der Waals surface area contributed by atoms with Crippen LogP contribution in [0.3, 0.4) is 0 Å². The molecule has 8 heteroatoms. The molecule has 1 aromatic carbocycles. The zero-order valence-electron chi connectivity index (χ0n) is 17.3. The van der Waals surface area contributed by atoms with Gasteiger partial charge in [-0.15, -0.1) is 0 Å². The van der Waals surface area contributed by atoms with Crippen LogP contribution in [-0.4, -0.2) is 32.8 Å². The number of nitrogens with zero attached hydrogens (tertiary/aromatic N) is 2. The molecule has 8 nitrogen and oxygen atoms in total. The van der Waals surface area contributed by atoms with Gasteiger partial charge < -0.3 is 20.4 Å². The molecule has 0 saturated carbocycles. The van der Waals surface area contributed by atoms with Crippen LogP contribution >= 0.6 is 0 Å². The second-order valence-corrected chi connectivity index (χ2v) is 7.65. The Hall–Kier alpha value is -3.42. The molecule has 0 fully saturated rings. The van der Waals surface area contributed by atoms with Crippen LogP contribution in [-0.2, 0) is 11.2 Å². The van der Waals surface area contributed by atoms with Gasteiger partial charge in [-0.1, -0.05) is 13.0 Å². The van der Waals surface area contributed by atoms with Gasteiger partial charge in [0.1, 0.15) is 11.3 Å². The lowest BCUT2D eigenvalue weighted by Gasteiger charge is -2.13. The average Bonchev–Trinajstić information content (AvgIpc) is 3.31. The third-order valence-electron chi connectivity index (χ3n) is 5.39. The van der Waals surface area contributed by atoms with E-state index < -0.39 is 0 Å². The fourth-order valence-electron chi connectivity index (χ4n) is 3.67. The molecular formula is C22H25N5O3. The smallest absolute Gasteiger partial charge is 0.255 e. The fraction of sp³-hybridized carbons (Fsp3) is 0.364. The van der Waals surface area contributed by atoms with Crippen molar-refractivity contribution in [3.8, 4) is 11.6 Å². The SMILES string of the molecule is CC[C@H](C)NC(=O)c1c[nH]c2ncc(Oc3ccc4c(c3)CC[C@H]4NC(C)=O)nc12. The lowest BCUT2D eigenvalue weighted by molar-refractivity contribution is -0.119. The van der Waals surface area contributed by atoms with Gasteiger partial charge in [0.15, 0.2) is 5.65 Å². The molecule has 4 rings (SSSR count). The first-order valence-corrected chi connectivity index (χ1v) is 10.2. The zero-order valence-corrected chi connectivity index (χ0v) is 17.3.